The van der Waals surface area contributed by atoms with Crippen LogP contribution in [-0.4, -0.2) is 61.2 Å². The van der Waals surface area contributed by atoms with Crippen molar-refractivity contribution in [3.8, 4) is 0 Å². The molecular weight excluding hydrogens is 234 g/mol. The zero-order valence-corrected chi connectivity index (χ0v) is 11.0. The molecule has 1 fully saturated rings. The maximum Gasteiger partial charge on any atom is 0.244 e. The monoisotopic (exact) mass is 255 g/mol. The molecule has 2 heterocycles. The predicted octanol–water partition coefficient (Wildman–Crippen LogP) is -0.234. The number of ether oxygens (including phenoxy) is 2. The lowest BCUT2D eigenvalue weighted by Crippen LogP contribution is -2.49. The van der Waals surface area contributed by atoms with Crippen LogP contribution in [0.4, 0.5) is 5.95 Å². The van der Waals surface area contributed by atoms with Crippen molar-refractivity contribution < 1.29 is 9.47 Å². The van der Waals surface area contributed by atoms with E-state index in [-0.39, 0.29) is 0 Å². The summed E-state index contributed by atoms with van der Waals surface area (Å²) in [6, 6.07) is 0.471. The molecule has 2 rings (SSSR count). The Morgan fingerprint density at radius 2 is 2.33 bits per heavy atom. The Balaban J connectivity index is 1.81. The average Bonchev–Trinajstić information content (AvgIpc) is 2.83. The van der Waals surface area contributed by atoms with E-state index in [1.165, 1.54) is 0 Å². The van der Waals surface area contributed by atoms with Gasteiger partial charge >= 0.3 is 0 Å². The molecule has 0 amide bonds. The normalized spacial score (nSPS) is 20.3. The molecular formula is C11H21N5O2. The molecule has 102 valence electrons. The minimum absolute atomic E-state index is 0.442. The molecule has 7 nitrogen and oxygen atoms in total. The van der Waals surface area contributed by atoms with Crippen LogP contribution in [0.2, 0.25) is 0 Å². The van der Waals surface area contributed by atoms with Gasteiger partial charge < -0.3 is 19.7 Å². The van der Waals surface area contributed by atoms with E-state index in [1.807, 2.05) is 0 Å². The van der Waals surface area contributed by atoms with Gasteiger partial charge in [0.2, 0.25) is 5.95 Å². The average molecular weight is 255 g/mol. The van der Waals surface area contributed by atoms with Gasteiger partial charge in [0.15, 0.2) is 5.82 Å². The summed E-state index contributed by atoms with van der Waals surface area (Å²) in [5.41, 5.74) is 0. The van der Waals surface area contributed by atoms with Gasteiger partial charge in [0.1, 0.15) is 6.61 Å². The summed E-state index contributed by atoms with van der Waals surface area (Å²) in [5.74, 6) is 1.51. The molecule has 7 heteroatoms. The van der Waals surface area contributed by atoms with Crippen molar-refractivity contribution >= 4 is 5.95 Å². The fraction of sp³-hybridized carbons (Fsp3) is 0.818. The Kier molecular flexibility index (Phi) is 4.91. The molecule has 0 bridgehead atoms. The summed E-state index contributed by atoms with van der Waals surface area (Å²) in [7, 11) is 1.65. The highest BCUT2D eigenvalue weighted by molar-refractivity contribution is 5.29. The highest BCUT2D eigenvalue weighted by atomic mass is 16.5. The first kappa shape index (κ1) is 13.3. The smallest absolute Gasteiger partial charge is 0.244 e. The number of aromatic amines is 1. The summed E-state index contributed by atoms with van der Waals surface area (Å²) in [4.78, 5) is 6.61. The summed E-state index contributed by atoms with van der Waals surface area (Å²) < 4.78 is 10.3. The first-order chi connectivity index (χ1) is 8.79. The Bertz CT molecular complexity index is 357. The van der Waals surface area contributed by atoms with Crippen LogP contribution < -0.4 is 10.2 Å². The molecule has 1 aliphatic rings. The number of nitrogens with zero attached hydrogens (tertiary/aromatic N) is 3. The number of hydrogen-bond donors (Lipinski definition) is 2. The van der Waals surface area contributed by atoms with Crippen molar-refractivity contribution in [1.82, 2.24) is 20.5 Å². The zero-order chi connectivity index (χ0) is 12.8. The topological polar surface area (TPSA) is 75.3 Å². The standard InChI is InChI=1S/C11H21N5O2/c1-9-7-16(4-3-12-9)11-13-10(14-15-11)8-18-6-5-17-2/h9,12H,3-8H2,1-2H3,(H,13,14,15)/t9-/m1/s1. The molecule has 0 radical (unpaired) electrons. The van der Waals surface area contributed by atoms with Crippen molar-refractivity contribution in [2.45, 2.75) is 19.6 Å². The second kappa shape index (κ2) is 6.67. The molecule has 0 spiro atoms. The lowest BCUT2D eigenvalue weighted by Gasteiger charge is -2.30. The number of hydrogen-bond acceptors (Lipinski definition) is 6. The van der Waals surface area contributed by atoms with Crippen molar-refractivity contribution in [3.05, 3.63) is 5.82 Å². The van der Waals surface area contributed by atoms with Crippen molar-refractivity contribution in [3.63, 3.8) is 0 Å². The van der Waals surface area contributed by atoms with Gasteiger partial charge in [-0.2, -0.15) is 4.98 Å². The van der Waals surface area contributed by atoms with Crippen LogP contribution >= 0.6 is 0 Å². The summed E-state index contributed by atoms with van der Waals surface area (Å²) >= 11 is 0. The third-order valence-corrected chi connectivity index (χ3v) is 2.84. The molecule has 1 atom stereocenters. The molecule has 1 saturated heterocycles. The minimum Gasteiger partial charge on any atom is -0.382 e. The lowest BCUT2D eigenvalue weighted by atomic mass is 10.2. The van der Waals surface area contributed by atoms with E-state index in [4.69, 9.17) is 9.47 Å². The highest BCUT2D eigenvalue weighted by Crippen LogP contribution is 2.10. The molecule has 0 unspecified atom stereocenters. The van der Waals surface area contributed by atoms with Crippen LogP contribution in [0, 0.1) is 0 Å². The Hall–Kier alpha value is -1.18. The molecule has 0 aromatic carbocycles. The maximum atomic E-state index is 5.39. The quantitative estimate of drug-likeness (QED) is 0.684. The first-order valence-electron chi connectivity index (χ1n) is 6.26. The second-order valence-corrected chi connectivity index (χ2v) is 4.43. The maximum absolute atomic E-state index is 5.39. The van der Waals surface area contributed by atoms with E-state index < -0.39 is 0 Å². The second-order valence-electron chi connectivity index (χ2n) is 4.43. The Morgan fingerprint density at radius 3 is 3.11 bits per heavy atom. The summed E-state index contributed by atoms with van der Waals surface area (Å²) in [6.45, 7) is 6.60. The van der Waals surface area contributed by atoms with E-state index in [1.54, 1.807) is 7.11 Å². The zero-order valence-electron chi connectivity index (χ0n) is 11.0. The SMILES string of the molecule is COCCOCc1nc(N2CCN[C@H](C)C2)n[nH]1. The third kappa shape index (κ3) is 3.66. The third-order valence-electron chi connectivity index (χ3n) is 2.84. The number of piperazine rings is 1. The molecule has 0 saturated carbocycles. The predicted molar refractivity (Wildman–Crippen MR) is 67.6 cm³/mol. The van der Waals surface area contributed by atoms with Crippen LogP contribution in [0.1, 0.15) is 12.7 Å². The number of rotatable bonds is 6. The summed E-state index contributed by atoms with van der Waals surface area (Å²) in [6.07, 6.45) is 0. The fourth-order valence-corrected chi connectivity index (χ4v) is 1.92. The van der Waals surface area contributed by atoms with E-state index in [0.717, 1.165) is 31.4 Å². The van der Waals surface area contributed by atoms with Crippen LogP contribution in [0.15, 0.2) is 0 Å². The largest absolute Gasteiger partial charge is 0.382 e. The molecule has 1 aromatic rings. The van der Waals surface area contributed by atoms with Crippen molar-refractivity contribution in [1.29, 1.82) is 0 Å². The molecule has 2 N–H and O–H groups in total. The van der Waals surface area contributed by atoms with E-state index in [0.29, 0.717) is 25.9 Å². The minimum atomic E-state index is 0.442. The van der Waals surface area contributed by atoms with Crippen LogP contribution in [0.3, 0.4) is 0 Å². The van der Waals surface area contributed by atoms with Crippen molar-refractivity contribution in [2.75, 3.05) is 44.9 Å². The van der Waals surface area contributed by atoms with Gasteiger partial charge in [0.05, 0.1) is 13.2 Å². The lowest BCUT2D eigenvalue weighted by molar-refractivity contribution is 0.0587. The summed E-state index contributed by atoms with van der Waals surface area (Å²) in [5, 5.41) is 10.5. The molecule has 0 aliphatic carbocycles. The van der Waals surface area contributed by atoms with Gasteiger partial charge in [-0.15, -0.1) is 5.10 Å². The van der Waals surface area contributed by atoms with E-state index >= 15 is 0 Å². The number of nitrogens with one attached hydrogen (secondary N) is 2. The van der Waals surface area contributed by atoms with Gasteiger partial charge in [0, 0.05) is 32.8 Å². The van der Waals surface area contributed by atoms with E-state index in [2.05, 4.69) is 32.3 Å². The van der Waals surface area contributed by atoms with Gasteiger partial charge in [-0.25, -0.2) is 0 Å². The van der Waals surface area contributed by atoms with Gasteiger partial charge in [-0.3, -0.25) is 5.10 Å². The van der Waals surface area contributed by atoms with Gasteiger partial charge in [-0.05, 0) is 6.92 Å². The Morgan fingerprint density at radius 1 is 1.44 bits per heavy atom. The fourth-order valence-electron chi connectivity index (χ4n) is 1.92. The van der Waals surface area contributed by atoms with Crippen LogP contribution in [0.25, 0.3) is 0 Å². The Labute approximate surface area is 107 Å². The highest BCUT2D eigenvalue weighted by Gasteiger charge is 2.19. The molecule has 1 aromatic heterocycles. The van der Waals surface area contributed by atoms with Crippen LogP contribution in [0.5, 0.6) is 0 Å². The first-order valence-corrected chi connectivity index (χ1v) is 6.26. The van der Waals surface area contributed by atoms with Crippen LogP contribution in [-0.2, 0) is 16.1 Å². The van der Waals surface area contributed by atoms with Gasteiger partial charge in [0.25, 0.3) is 0 Å². The molecule has 18 heavy (non-hydrogen) atoms. The number of methoxy groups -OCH3 is 1. The number of H-pyrrole nitrogens is 1. The number of anilines is 1. The number of aromatic nitrogens is 3. The van der Waals surface area contributed by atoms with Crippen molar-refractivity contribution in [2.24, 2.45) is 0 Å². The molecule has 1 aliphatic heterocycles. The van der Waals surface area contributed by atoms with E-state index in [9.17, 15) is 0 Å². The van der Waals surface area contributed by atoms with Gasteiger partial charge in [-0.1, -0.05) is 0 Å².